The number of amidine groups is 1. The van der Waals surface area contributed by atoms with Gasteiger partial charge < -0.3 is 10.9 Å². The Morgan fingerprint density at radius 1 is 1.40 bits per heavy atom. The molecule has 0 aliphatic carbocycles. The number of hydrogen-bond acceptors (Lipinski definition) is 3. The first-order valence-corrected chi connectivity index (χ1v) is 6.58. The number of oxime groups is 1. The summed E-state index contributed by atoms with van der Waals surface area (Å²) in [6.07, 6.45) is 0. The molecule has 6 heteroatoms. The molecule has 0 unspecified atom stereocenters. The average molecular weight is 293 g/mol. The number of nitrogens with zero attached hydrogens (tertiary/aromatic N) is 3. The third-order valence-electron chi connectivity index (χ3n) is 3.36. The number of aromatic nitrogens is 2. The Kier molecular flexibility index (Phi) is 3.99. The number of aryl methyl sites for hydroxylation is 2. The number of rotatable bonds is 3. The van der Waals surface area contributed by atoms with Crippen LogP contribution in [0.15, 0.2) is 23.4 Å². The van der Waals surface area contributed by atoms with Crippen LogP contribution >= 0.6 is 11.6 Å². The third kappa shape index (κ3) is 2.63. The van der Waals surface area contributed by atoms with Gasteiger partial charge in [-0.25, -0.2) is 0 Å². The van der Waals surface area contributed by atoms with Crippen LogP contribution in [-0.2, 0) is 6.54 Å². The number of nitrogens with two attached hydrogens (primary N) is 1. The van der Waals surface area contributed by atoms with Crippen molar-refractivity contribution in [3.8, 4) is 0 Å². The van der Waals surface area contributed by atoms with Gasteiger partial charge in [-0.15, -0.1) is 0 Å². The Morgan fingerprint density at radius 3 is 2.60 bits per heavy atom. The fourth-order valence-electron chi connectivity index (χ4n) is 2.08. The molecule has 3 N–H and O–H groups in total. The van der Waals surface area contributed by atoms with E-state index in [0.717, 1.165) is 22.5 Å². The van der Waals surface area contributed by atoms with Gasteiger partial charge >= 0.3 is 0 Å². The summed E-state index contributed by atoms with van der Waals surface area (Å²) in [5, 5.41) is 16.8. The predicted octanol–water partition coefficient (Wildman–Crippen LogP) is 2.60. The van der Waals surface area contributed by atoms with Crippen LogP contribution in [0.3, 0.4) is 0 Å². The third-order valence-corrected chi connectivity index (χ3v) is 3.91. The predicted molar refractivity (Wildman–Crippen MR) is 79.5 cm³/mol. The molecule has 0 fully saturated rings. The molecule has 0 aliphatic rings. The van der Waals surface area contributed by atoms with Crippen LogP contribution in [0.4, 0.5) is 0 Å². The summed E-state index contributed by atoms with van der Waals surface area (Å²) in [7, 11) is 0. The van der Waals surface area contributed by atoms with E-state index >= 15 is 0 Å². The Bertz CT molecular complexity index is 676. The molecule has 1 aromatic heterocycles. The van der Waals surface area contributed by atoms with E-state index < -0.39 is 0 Å². The van der Waals surface area contributed by atoms with E-state index in [-0.39, 0.29) is 5.84 Å². The monoisotopic (exact) mass is 292 g/mol. The van der Waals surface area contributed by atoms with Gasteiger partial charge in [-0.2, -0.15) is 5.10 Å². The van der Waals surface area contributed by atoms with Crippen molar-refractivity contribution in [2.75, 3.05) is 0 Å². The Morgan fingerprint density at radius 2 is 2.10 bits per heavy atom. The normalized spacial score (nSPS) is 11.9. The first-order chi connectivity index (χ1) is 9.43. The first kappa shape index (κ1) is 14.4. The van der Waals surface area contributed by atoms with Crippen molar-refractivity contribution in [3.05, 3.63) is 51.3 Å². The fourth-order valence-corrected chi connectivity index (χ4v) is 2.22. The molecular formula is C14H17ClN4O. The van der Waals surface area contributed by atoms with E-state index in [4.69, 9.17) is 22.5 Å². The van der Waals surface area contributed by atoms with E-state index in [1.807, 2.05) is 43.7 Å². The number of hydrogen-bond donors (Lipinski definition) is 2. The second-order valence-corrected chi connectivity index (χ2v) is 5.15. The zero-order valence-electron chi connectivity index (χ0n) is 11.7. The fraction of sp³-hybridized carbons (Fsp3) is 0.286. The van der Waals surface area contributed by atoms with Crippen molar-refractivity contribution in [1.29, 1.82) is 0 Å². The van der Waals surface area contributed by atoms with Gasteiger partial charge in [-0.1, -0.05) is 28.9 Å². The molecule has 0 spiro atoms. The second-order valence-electron chi connectivity index (χ2n) is 4.77. The summed E-state index contributed by atoms with van der Waals surface area (Å²) < 4.78 is 1.88. The molecule has 1 heterocycles. The zero-order chi connectivity index (χ0) is 14.9. The van der Waals surface area contributed by atoms with Crippen molar-refractivity contribution >= 4 is 17.4 Å². The minimum atomic E-state index is 0.105. The van der Waals surface area contributed by atoms with Crippen molar-refractivity contribution < 1.29 is 5.21 Å². The van der Waals surface area contributed by atoms with Crippen LogP contribution in [0.1, 0.15) is 28.1 Å². The Labute approximate surface area is 122 Å². The van der Waals surface area contributed by atoms with Gasteiger partial charge in [-0.05, 0) is 38.0 Å². The van der Waals surface area contributed by atoms with Gasteiger partial charge in [0.2, 0.25) is 0 Å². The lowest BCUT2D eigenvalue weighted by molar-refractivity contribution is 0.318. The van der Waals surface area contributed by atoms with E-state index in [0.29, 0.717) is 17.1 Å². The summed E-state index contributed by atoms with van der Waals surface area (Å²) in [6, 6.07) is 5.66. The lowest BCUT2D eigenvalue weighted by Gasteiger charge is -2.09. The molecule has 1 aromatic carbocycles. The molecule has 2 rings (SSSR count). The summed E-state index contributed by atoms with van der Waals surface area (Å²) in [6.45, 7) is 6.46. The molecule has 0 atom stereocenters. The van der Waals surface area contributed by atoms with E-state index in [1.165, 1.54) is 0 Å². The summed E-state index contributed by atoms with van der Waals surface area (Å²) >= 11 is 6.15. The summed E-state index contributed by atoms with van der Waals surface area (Å²) in [4.78, 5) is 0. The molecule has 0 saturated heterocycles. The van der Waals surface area contributed by atoms with Crippen molar-refractivity contribution in [1.82, 2.24) is 9.78 Å². The maximum absolute atomic E-state index is 8.69. The highest BCUT2D eigenvalue weighted by atomic mass is 35.5. The van der Waals surface area contributed by atoms with Crippen LogP contribution in [0.5, 0.6) is 0 Å². The summed E-state index contributed by atoms with van der Waals surface area (Å²) in [5.41, 5.74) is 10.2. The summed E-state index contributed by atoms with van der Waals surface area (Å²) in [5.74, 6) is 0.105. The van der Waals surface area contributed by atoms with E-state index in [2.05, 4.69) is 10.3 Å². The molecule has 2 aromatic rings. The lowest BCUT2D eigenvalue weighted by atomic mass is 10.0. The first-order valence-electron chi connectivity index (χ1n) is 6.21. The van der Waals surface area contributed by atoms with E-state index in [9.17, 15) is 0 Å². The van der Waals surface area contributed by atoms with Crippen LogP contribution in [0.2, 0.25) is 5.02 Å². The molecule has 5 nitrogen and oxygen atoms in total. The highest BCUT2D eigenvalue weighted by molar-refractivity contribution is 6.31. The average Bonchev–Trinajstić information content (AvgIpc) is 2.67. The van der Waals surface area contributed by atoms with Gasteiger partial charge in [0.15, 0.2) is 5.84 Å². The topological polar surface area (TPSA) is 76.4 Å². The van der Waals surface area contributed by atoms with Gasteiger partial charge in [0.25, 0.3) is 0 Å². The van der Waals surface area contributed by atoms with E-state index in [1.54, 1.807) is 0 Å². The van der Waals surface area contributed by atoms with Crippen LogP contribution in [0.25, 0.3) is 0 Å². The molecule has 20 heavy (non-hydrogen) atoms. The van der Waals surface area contributed by atoms with Gasteiger partial charge in [0, 0.05) is 5.56 Å². The van der Waals surface area contributed by atoms with Crippen LogP contribution in [-0.4, -0.2) is 20.8 Å². The Balaban J connectivity index is 2.33. The minimum absolute atomic E-state index is 0.105. The molecular weight excluding hydrogens is 276 g/mol. The zero-order valence-corrected chi connectivity index (χ0v) is 12.4. The lowest BCUT2D eigenvalue weighted by Crippen LogP contribution is -2.14. The van der Waals surface area contributed by atoms with Gasteiger partial charge in [0.1, 0.15) is 0 Å². The van der Waals surface area contributed by atoms with Crippen molar-refractivity contribution in [2.45, 2.75) is 27.3 Å². The molecule has 0 aliphatic heterocycles. The largest absolute Gasteiger partial charge is 0.409 e. The van der Waals surface area contributed by atoms with Gasteiger partial charge in [-0.3, -0.25) is 4.68 Å². The number of halogens is 1. The highest BCUT2D eigenvalue weighted by Gasteiger charge is 2.11. The molecule has 0 radical (unpaired) electrons. The standard InChI is InChI=1S/C14H17ClN4O/c1-8-6-11(14(16)18-20)4-5-12(8)7-19-10(3)13(15)9(2)17-19/h4-6,20H,7H2,1-3H3,(H2,16,18). The molecule has 106 valence electrons. The molecule has 0 bridgehead atoms. The van der Waals surface area contributed by atoms with Crippen LogP contribution in [0, 0.1) is 20.8 Å². The quantitative estimate of drug-likeness (QED) is 0.395. The minimum Gasteiger partial charge on any atom is -0.409 e. The van der Waals surface area contributed by atoms with Gasteiger partial charge in [0.05, 0.1) is 23.0 Å². The molecule has 0 amide bonds. The molecule has 0 saturated carbocycles. The number of benzene rings is 1. The maximum Gasteiger partial charge on any atom is 0.170 e. The highest BCUT2D eigenvalue weighted by Crippen LogP contribution is 2.21. The maximum atomic E-state index is 8.69. The second kappa shape index (κ2) is 5.54. The Hall–Kier alpha value is -2.01. The van der Waals surface area contributed by atoms with Crippen molar-refractivity contribution in [2.24, 2.45) is 10.9 Å². The van der Waals surface area contributed by atoms with Crippen molar-refractivity contribution in [3.63, 3.8) is 0 Å². The SMILES string of the molecule is Cc1cc(/C(N)=N/O)ccc1Cn1nc(C)c(Cl)c1C. The van der Waals surface area contributed by atoms with Crippen LogP contribution < -0.4 is 5.73 Å². The smallest absolute Gasteiger partial charge is 0.170 e.